The van der Waals surface area contributed by atoms with E-state index < -0.39 is 0 Å². The largest absolute Gasteiger partial charge is 0.316 e. The fourth-order valence-electron chi connectivity index (χ4n) is 1.97. The van der Waals surface area contributed by atoms with Crippen LogP contribution >= 0.6 is 0 Å². The first-order chi connectivity index (χ1) is 7.70. The summed E-state index contributed by atoms with van der Waals surface area (Å²) in [6.07, 6.45) is 3.60. The van der Waals surface area contributed by atoms with Gasteiger partial charge in [0.15, 0.2) is 0 Å². The van der Waals surface area contributed by atoms with E-state index in [4.69, 9.17) is 0 Å². The number of nitrogens with one attached hydrogen (secondary N) is 1. The van der Waals surface area contributed by atoms with Crippen LogP contribution < -0.4 is 5.32 Å². The molecule has 0 saturated heterocycles. The summed E-state index contributed by atoms with van der Waals surface area (Å²) in [7, 11) is 0. The SMILES string of the molecule is CCCNCC(C)(CC)Cc1ccccc1. The van der Waals surface area contributed by atoms with Crippen LogP contribution in [0.25, 0.3) is 0 Å². The van der Waals surface area contributed by atoms with Crippen LogP contribution in [0.2, 0.25) is 0 Å². The number of benzene rings is 1. The second kappa shape index (κ2) is 6.70. The van der Waals surface area contributed by atoms with Gasteiger partial charge in [-0.2, -0.15) is 0 Å². The molecule has 0 aliphatic carbocycles. The van der Waals surface area contributed by atoms with Gasteiger partial charge in [0.05, 0.1) is 0 Å². The molecule has 0 bridgehead atoms. The molecule has 0 fully saturated rings. The third-order valence-corrected chi connectivity index (χ3v) is 3.31. The van der Waals surface area contributed by atoms with Crippen molar-refractivity contribution in [3.8, 4) is 0 Å². The summed E-state index contributed by atoms with van der Waals surface area (Å²) < 4.78 is 0. The number of rotatable bonds is 7. The molecule has 1 N–H and O–H groups in total. The molecule has 1 aromatic carbocycles. The van der Waals surface area contributed by atoms with Crippen molar-refractivity contribution < 1.29 is 0 Å². The van der Waals surface area contributed by atoms with Gasteiger partial charge in [-0.25, -0.2) is 0 Å². The lowest BCUT2D eigenvalue weighted by Crippen LogP contribution is -2.33. The van der Waals surface area contributed by atoms with Crippen molar-refractivity contribution in [1.82, 2.24) is 5.32 Å². The first-order valence-electron chi connectivity index (χ1n) is 6.45. The lowest BCUT2D eigenvalue weighted by atomic mass is 9.81. The maximum Gasteiger partial charge on any atom is 0.000824 e. The van der Waals surface area contributed by atoms with E-state index in [-0.39, 0.29) is 0 Å². The van der Waals surface area contributed by atoms with Crippen LogP contribution in [0.4, 0.5) is 0 Å². The Hall–Kier alpha value is -0.820. The summed E-state index contributed by atoms with van der Waals surface area (Å²) in [6.45, 7) is 9.13. The molecule has 1 unspecified atom stereocenters. The van der Waals surface area contributed by atoms with Crippen LogP contribution in [0.15, 0.2) is 30.3 Å². The molecule has 0 amide bonds. The monoisotopic (exact) mass is 219 g/mol. The Morgan fingerprint density at radius 3 is 2.38 bits per heavy atom. The average molecular weight is 219 g/mol. The first kappa shape index (κ1) is 13.2. The van der Waals surface area contributed by atoms with Gasteiger partial charge in [-0.15, -0.1) is 0 Å². The highest BCUT2D eigenvalue weighted by atomic mass is 14.9. The molecule has 0 radical (unpaired) electrons. The van der Waals surface area contributed by atoms with Gasteiger partial charge in [0.1, 0.15) is 0 Å². The van der Waals surface area contributed by atoms with E-state index in [2.05, 4.69) is 56.4 Å². The summed E-state index contributed by atoms with van der Waals surface area (Å²) in [5.41, 5.74) is 1.83. The fraction of sp³-hybridized carbons (Fsp3) is 0.600. The van der Waals surface area contributed by atoms with E-state index >= 15 is 0 Å². The van der Waals surface area contributed by atoms with Gasteiger partial charge in [0.25, 0.3) is 0 Å². The minimum Gasteiger partial charge on any atom is -0.316 e. The van der Waals surface area contributed by atoms with Gasteiger partial charge < -0.3 is 5.32 Å². The Balaban J connectivity index is 2.52. The third kappa shape index (κ3) is 4.36. The van der Waals surface area contributed by atoms with E-state index in [9.17, 15) is 0 Å². The summed E-state index contributed by atoms with van der Waals surface area (Å²) in [5.74, 6) is 0. The molecule has 1 rings (SSSR count). The van der Waals surface area contributed by atoms with Crippen molar-refractivity contribution in [2.24, 2.45) is 5.41 Å². The zero-order valence-corrected chi connectivity index (χ0v) is 10.9. The van der Waals surface area contributed by atoms with Gasteiger partial charge in [0, 0.05) is 6.54 Å². The Labute approximate surface area is 100 Å². The van der Waals surface area contributed by atoms with Crippen molar-refractivity contribution in [2.75, 3.05) is 13.1 Å². The van der Waals surface area contributed by atoms with Gasteiger partial charge >= 0.3 is 0 Å². The molecule has 0 aliphatic rings. The van der Waals surface area contributed by atoms with E-state index in [1.807, 2.05) is 0 Å². The Morgan fingerprint density at radius 1 is 1.12 bits per heavy atom. The van der Waals surface area contributed by atoms with E-state index in [1.165, 1.54) is 24.8 Å². The lowest BCUT2D eigenvalue weighted by molar-refractivity contribution is 0.291. The highest BCUT2D eigenvalue weighted by Gasteiger charge is 2.21. The summed E-state index contributed by atoms with van der Waals surface area (Å²) >= 11 is 0. The first-order valence-corrected chi connectivity index (χ1v) is 6.45. The quantitative estimate of drug-likeness (QED) is 0.690. The van der Waals surface area contributed by atoms with E-state index in [0.717, 1.165) is 13.1 Å². The zero-order valence-electron chi connectivity index (χ0n) is 10.9. The molecule has 0 heterocycles. The fourth-order valence-corrected chi connectivity index (χ4v) is 1.97. The molecule has 16 heavy (non-hydrogen) atoms. The van der Waals surface area contributed by atoms with Gasteiger partial charge in [-0.3, -0.25) is 0 Å². The van der Waals surface area contributed by atoms with Crippen molar-refractivity contribution in [2.45, 2.75) is 40.0 Å². The molecule has 0 spiro atoms. The standard InChI is InChI=1S/C15H25N/c1-4-11-16-13-15(3,5-2)12-14-9-7-6-8-10-14/h6-10,16H,4-5,11-13H2,1-3H3. The molecule has 1 nitrogen and oxygen atoms in total. The van der Waals surface area contributed by atoms with Crippen LogP contribution in [-0.2, 0) is 6.42 Å². The number of hydrogen-bond donors (Lipinski definition) is 1. The second-order valence-corrected chi connectivity index (χ2v) is 5.00. The topological polar surface area (TPSA) is 12.0 Å². The zero-order chi connectivity index (χ0) is 11.9. The highest BCUT2D eigenvalue weighted by molar-refractivity contribution is 5.16. The van der Waals surface area contributed by atoms with Crippen LogP contribution in [0.3, 0.4) is 0 Å². The minimum atomic E-state index is 0.385. The smallest absolute Gasteiger partial charge is 0.000824 e. The highest BCUT2D eigenvalue weighted by Crippen LogP contribution is 2.25. The minimum absolute atomic E-state index is 0.385. The van der Waals surface area contributed by atoms with Crippen LogP contribution in [0.1, 0.15) is 39.2 Å². The lowest BCUT2D eigenvalue weighted by Gasteiger charge is -2.29. The molecule has 1 atom stereocenters. The molecular formula is C15H25N. The predicted octanol–water partition coefficient (Wildman–Crippen LogP) is 3.65. The second-order valence-electron chi connectivity index (χ2n) is 5.00. The van der Waals surface area contributed by atoms with E-state index in [1.54, 1.807) is 0 Å². The normalized spacial score (nSPS) is 14.7. The predicted molar refractivity (Wildman–Crippen MR) is 71.7 cm³/mol. The van der Waals surface area contributed by atoms with Crippen LogP contribution in [0.5, 0.6) is 0 Å². The molecule has 1 aromatic rings. The van der Waals surface area contributed by atoms with Crippen molar-refractivity contribution in [3.63, 3.8) is 0 Å². The Bertz CT molecular complexity index is 281. The van der Waals surface area contributed by atoms with Crippen molar-refractivity contribution in [3.05, 3.63) is 35.9 Å². The molecular weight excluding hydrogens is 194 g/mol. The Morgan fingerprint density at radius 2 is 1.81 bits per heavy atom. The summed E-state index contributed by atoms with van der Waals surface area (Å²) in [4.78, 5) is 0. The maximum atomic E-state index is 3.55. The van der Waals surface area contributed by atoms with Crippen molar-refractivity contribution >= 4 is 0 Å². The summed E-state index contributed by atoms with van der Waals surface area (Å²) in [6, 6.07) is 10.8. The van der Waals surface area contributed by atoms with Gasteiger partial charge in [0.2, 0.25) is 0 Å². The molecule has 90 valence electrons. The number of hydrogen-bond acceptors (Lipinski definition) is 1. The van der Waals surface area contributed by atoms with E-state index in [0.29, 0.717) is 5.41 Å². The van der Waals surface area contributed by atoms with Crippen LogP contribution in [0, 0.1) is 5.41 Å². The van der Waals surface area contributed by atoms with Gasteiger partial charge in [-0.1, -0.05) is 51.1 Å². The maximum absolute atomic E-state index is 3.55. The summed E-state index contributed by atoms with van der Waals surface area (Å²) in [5, 5.41) is 3.55. The molecule has 1 heteroatoms. The molecule has 0 saturated carbocycles. The Kier molecular flexibility index (Phi) is 5.54. The average Bonchev–Trinajstić information content (AvgIpc) is 2.31. The van der Waals surface area contributed by atoms with Crippen molar-refractivity contribution in [1.29, 1.82) is 0 Å². The molecule has 0 aromatic heterocycles. The third-order valence-electron chi connectivity index (χ3n) is 3.31. The molecule has 0 aliphatic heterocycles. The van der Waals surface area contributed by atoms with Crippen LogP contribution in [-0.4, -0.2) is 13.1 Å². The van der Waals surface area contributed by atoms with Gasteiger partial charge in [-0.05, 0) is 36.8 Å².